The Kier molecular flexibility index (Phi) is 2.62. The van der Waals surface area contributed by atoms with Crippen molar-refractivity contribution in [3.63, 3.8) is 0 Å². The van der Waals surface area contributed by atoms with Crippen molar-refractivity contribution in [2.45, 2.75) is 50.5 Å². The Morgan fingerprint density at radius 2 is 2.00 bits per heavy atom. The summed E-state index contributed by atoms with van der Waals surface area (Å²) in [6.45, 7) is 3.28. The second-order valence-electron chi connectivity index (χ2n) is 5.70. The lowest BCUT2D eigenvalue weighted by atomic mass is 9.71. The summed E-state index contributed by atoms with van der Waals surface area (Å²) in [7, 11) is 0. The number of nitrogens with one attached hydrogen (secondary N) is 1. The molecule has 0 radical (unpaired) electrons. The van der Waals surface area contributed by atoms with E-state index in [-0.39, 0.29) is 5.54 Å². The van der Waals surface area contributed by atoms with Crippen LogP contribution in [0.4, 0.5) is 0 Å². The van der Waals surface area contributed by atoms with Crippen molar-refractivity contribution in [2.75, 3.05) is 6.54 Å². The molecule has 1 unspecified atom stereocenters. The minimum absolute atomic E-state index is 0.202. The van der Waals surface area contributed by atoms with Gasteiger partial charge in [-0.05, 0) is 42.0 Å². The van der Waals surface area contributed by atoms with Gasteiger partial charge in [0.15, 0.2) is 0 Å². The van der Waals surface area contributed by atoms with Gasteiger partial charge in [0.1, 0.15) is 5.75 Å². The molecule has 1 spiro atoms. The van der Waals surface area contributed by atoms with Crippen LogP contribution >= 0.6 is 0 Å². The van der Waals surface area contributed by atoms with Crippen molar-refractivity contribution >= 4 is 0 Å². The summed E-state index contributed by atoms with van der Waals surface area (Å²) < 4.78 is 0. The van der Waals surface area contributed by atoms with E-state index in [1.54, 1.807) is 0 Å². The van der Waals surface area contributed by atoms with Crippen molar-refractivity contribution in [3.05, 3.63) is 29.3 Å². The zero-order valence-corrected chi connectivity index (χ0v) is 10.5. The highest BCUT2D eigenvalue weighted by Crippen LogP contribution is 2.44. The van der Waals surface area contributed by atoms with E-state index in [4.69, 9.17) is 0 Å². The van der Waals surface area contributed by atoms with Gasteiger partial charge < -0.3 is 10.4 Å². The minimum Gasteiger partial charge on any atom is -0.508 e. The summed E-state index contributed by atoms with van der Waals surface area (Å²) in [5.41, 5.74) is 2.99. The van der Waals surface area contributed by atoms with Gasteiger partial charge in [-0.15, -0.1) is 0 Å². The molecule has 1 fully saturated rings. The van der Waals surface area contributed by atoms with Crippen LogP contribution in [0.15, 0.2) is 18.2 Å². The van der Waals surface area contributed by atoms with Gasteiger partial charge in [-0.1, -0.05) is 32.3 Å². The van der Waals surface area contributed by atoms with Gasteiger partial charge >= 0.3 is 0 Å². The Bertz CT molecular complexity index is 421. The van der Waals surface area contributed by atoms with E-state index < -0.39 is 0 Å². The molecule has 2 nitrogen and oxygen atoms in total. The molecule has 3 rings (SSSR count). The molecule has 2 aliphatic rings. The van der Waals surface area contributed by atoms with Crippen molar-refractivity contribution in [1.82, 2.24) is 5.32 Å². The molecule has 92 valence electrons. The third kappa shape index (κ3) is 1.75. The van der Waals surface area contributed by atoms with Gasteiger partial charge in [-0.25, -0.2) is 0 Å². The fourth-order valence-corrected chi connectivity index (χ4v) is 3.55. The van der Waals surface area contributed by atoms with E-state index in [1.807, 2.05) is 12.1 Å². The molecule has 1 saturated carbocycles. The van der Waals surface area contributed by atoms with Crippen molar-refractivity contribution in [3.8, 4) is 5.75 Å². The monoisotopic (exact) mass is 231 g/mol. The Balaban J connectivity index is 2.08. The lowest BCUT2D eigenvalue weighted by Crippen LogP contribution is -2.49. The highest BCUT2D eigenvalue weighted by atomic mass is 16.3. The number of benzene rings is 1. The molecule has 0 aromatic heterocycles. The van der Waals surface area contributed by atoms with Crippen LogP contribution in [0.5, 0.6) is 5.75 Å². The first-order valence-electron chi connectivity index (χ1n) is 6.80. The van der Waals surface area contributed by atoms with Crippen LogP contribution in [-0.2, 0) is 5.54 Å². The van der Waals surface area contributed by atoms with E-state index in [1.165, 1.54) is 43.2 Å². The first-order valence-corrected chi connectivity index (χ1v) is 6.80. The third-order valence-corrected chi connectivity index (χ3v) is 4.54. The van der Waals surface area contributed by atoms with Crippen LogP contribution in [0.2, 0.25) is 0 Å². The number of phenols is 1. The molecule has 0 bridgehead atoms. The van der Waals surface area contributed by atoms with Crippen molar-refractivity contribution in [1.29, 1.82) is 0 Å². The Morgan fingerprint density at radius 3 is 2.76 bits per heavy atom. The molecule has 17 heavy (non-hydrogen) atoms. The van der Waals surface area contributed by atoms with E-state index in [0.29, 0.717) is 11.7 Å². The van der Waals surface area contributed by atoms with Gasteiger partial charge in [0, 0.05) is 12.1 Å². The van der Waals surface area contributed by atoms with Crippen LogP contribution in [0, 0.1) is 0 Å². The molecule has 1 atom stereocenters. The average Bonchev–Trinajstić information content (AvgIpc) is 2.36. The number of fused-ring (bicyclic) bond motifs is 2. The summed E-state index contributed by atoms with van der Waals surface area (Å²) in [4.78, 5) is 0. The molecular weight excluding hydrogens is 210 g/mol. The van der Waals surface area contributed by atoms with Gasteiger partial charge in [-0.2, -0.15) is 0 Å². The van der Waals surface area contributed by atoms with Crippen molar-refractivity contribution < 1.29 is 5.11 Å². The molecular formula is C15H21NO. The lowest BCUT2D eigenvalue weighted by molar-refractivity contribution is 0.214. The van der Waals surface area contributed by atoms with Crippen LogP contribution in [-0.4, -0.2) is 11.7 Å². The maximum absolute atomic E-state index is 9.67. The summed E-state index contributed by atoms with van der Waals surface area (Å²) >= 11 is 0. The van der Waals surface area contributed by atoms with Gasteiger partial charge in [0.2, 0.25) is 0 Å². The topological polar surface area (TPSA) is 32.3 Å². The maximum atomic E-state index is 9.67. The number of aromatic hydroxyl groups is 1. The normalized spacial score (nSPS) is 26.8. The molecule has 1 aromatic rings. The Hall–Kier alpha value is -1.02. The fraction of sp³-hybridized carbons (Fsp3) is 0.600. The fourth-order valence-electron chi connectivity index (χ4n) is 3.55. The maximum Gasteiger partial charge on any atom is 0.115 e. The molecule has 2 heteroatoms. The quantitative estimate of drug-likeness (QED) is 0.718. The summed E-state index contributed by atoms with van der Waals surface area (Å²) in [5.74, 6) is 0.910. The Labute approximate surface area is 103 Å². The number of rotatable bonds is 0. The van der Waals surface area contributed by atoms with E-state index in [2.05, 4.69) is 18.3 Å². The number of hydrogen-bond acceptors (Lipinski definition) is 2. The highest BCUT2D eigenvalue weighted by Gasteiger charge is 2.39. The van der Waals surface area contributed by atoms with Crippen LogP contribution in [0.1, 0.15) is 56.1 Å². The van der Waals surface area contributed by atoms with Gasteiger partial charge in [-0.3, -0.25) is 0 Å². The summed E-state index contributed by atoms with van der Waals surface area (Å²) in [6, 6.07) is 5.95. The molecule has 0 amide bonds. The number of hydrogen-bond donors (Lipinski definition) is 2. The third-order valence-electron chi connectivity index (χ3n) is 4.54. The minimum atomic E-state index is 0.202. The van der Waals surface area contributed by atoms with Crippen LogP contribution in [0.3, 0.4) is 0 Å². The predicted molar refractivity (Wildman–Crippen MR) is 69.3 cm³/mol. The summed E-state index contributed by atoms with van der Waals surface area (Å²) in [6.07, 6.45) is 6.50. The van der Waals surface area contributed by atoms with Gasteiger partial charge in [0.05, 0.1) is 0 Å². The zero-order valence-electron chi connectivity index (χ0n) is 10.5. The lowest BCUT2D eigenvalue weighted by Gasteiger charge is -2.45. The smallest absolute Gasteiger partial charge is 0.115 e. The first-order chi connectivity index (χ1) is 8.21. The van der Waals surface area contributed by atoms with E-state index >= 15 is 0 Å². The highest BCUT2D eigenvalue weighted by molar-refractivity contribution is 5.43. The molecule has 1 aliphatic heterocycles. The summed E-state index contributed by atoms with van der Waals surface area (Å²) in [5, 5.41) is 13.5. The second-order valence-corrected chi connectivity index (χ2v) is 5.70. The SMILES string of the molecule is CC1CNC2(CCCCC2)c2ccc(O)cc21. The van der Waals surface area contributed by atoms with Crippen LogP contribution < -0.4 is 5.32 Å². The van der Waals surface area contributed by atoms with E-state index in [0.717, 1.165) is 6.54 Å². The number of phenolic OH excluding ortho intramolecular Hbond substituents is 1. The van der Waals surface area contributed by atoms with Gasteiger partial charge in [0.25, 0.3) is 0 Å². The average molecular weight is 231 g/mol. The standard InChI is InChI=1S/C15H21NO/c1-11-10-16-15(7-3-2-4-8-15)14-6-5-12(17)9-13(11)14/h5-6,9,11,16-17H,2-4,7-8,10H2,1H3. The Morgan fingerprint density at radius 1 is 1.24 bits per heavy atom. The first kappa shape index (κ1) is 11.1. The van der Waals surface area contributed by atoms with Crippen LogP contribution in [0.25, 0.3) is 0 Å². The molecule has 1 aromatic carbocycles. The molecule has 1 aliphatic carbocycles. The predicted octanol–water partition coefficient (Wildman–Crippen LogP) is 3.26. The molecule has 0 saturated heterocycles. The molecule has 2 N–H and O–H groups in total. The van der Waals surface area contributed by atoms with E-state index in [9.17, 15) is 5.11 Å². The zero-order chi connectivity index (χ0) is 11.9. The largest absolute Gasteiger partial charge is 0.508 e. The molecule has 1 heterocycles. The second kappa shape index (κ2) is 4.02. The van der Waals surface area contributed by atoms with Crippen molar-refractivity contribution in [2.24, 2.45) is 0 Å².